The first-order chi connectivity index (χ1) is 10.7. The number of aliphatic imine (C=N–C) groups is 1. The lowest BCUT2D eigenvalue weighted by Crippen LogP contribution is -2.41. The van der Waals surface area contributed by atoms with Gasteiger partial charge in [0.05, 0.1) is 10.7 Å². The molecule has 1 saturated carbocycles. The average molecular weight is 323 g/mol. The van der Waals surface area contributed by atoms with Crippen LogP contribution in [-0.4, -0.2) is 31.1 Å². The molecule has 22 heavy (non-hydrogen) atoms. The first-order valence-electron chi connectivity index (χ1n) is 8.56. The summed E-state index contributed by atoms with van der Waals surface area (Å²) in [6, 6.07) is 0. The Hall–Kier alpha value is -1.10. The van der Waals surface area contributed by atoms with Crippen LogP contribution in [0.5, 0.6) is 0 Å². The van der Waals surface area contributed by atoms with Gasteiger partial charge < -0.3 is 10.6 Å². The van der Waals surface area contributed by atoms with Crippen LogP contribution in [0.2, 0.25) is 0 Å². The number of aromatic nitrogens is 1. The number of hydrogen-bond donors (Lipinski definition) is 2. The van der Waals surface area contributed by atoms with Gasteiger partial charge in [-0.15, -0.1) is 11.3 Å². The fraction of sp³-hybridized carbons (Fsp3) is 0.765. The van der Waals surface area contributed by atoms with Crippen molar-refractivity contribution >= 4 is 17.3 Å². The third-order valence-electron chi connectivity index (χ3n) is 4.67. The maximum absolute atomic E-state index is 4.49. The first-order valence-corrected chi connectivity index (χ1v) is 9.44. The van der Waals surface area contributed by atoms with Crippen molar-refractivity contribution in [2.45, 2.75) is 52.4 Å². The van der Waals surface area contributed by atoms with Gasteiger partial charge in [-0.2, -0.15) is 0 Å². The molecule has 1 aromatic rings. The van der Waals surface area contributed by atoms with Crippen molar-refractivity contribution < 1.29 is 0 Å². The highest BCUT2D eigenvalue weighted by atomic mass is 32.1. The quantitative estimate of drug-likeness (QED) is 0.623. The van der Waals surface area contributed by atoms with E-state index in [1.54, 1.807) is 11.3 Å². The Bertz CT molecular complexity index is 461. The van der Waals surface area contributed by atoms with Crippen molar-refractivity contribution in [3.63, 3.8) is 0 Å². The van der Waals surface area contributed by atoms with Crippen LogP contribution in [-0.2, 0) is 6.42 Å². The zero-order valence-corrected chi connectivity index (χ0v) is 15.0. The van der Waals surface area contributed by atoms with Crippen LogP contribution in [0.1, 0.15) is 49.7 Å². The smallest absolute Gasteiger partial charge is 0.190 e. The molecule has 0 aromatic carbocycles. The molecule has 4 nitrogen and oxygen atoms in total. The Labute approximate surface area is 138 Å². The van der Waals surface area contributed by atoms with Gasteiger partial charge in [0.25, 0.3) is 0 Å². The van der Waals surface area contributed by atoms with E-state index in [0.717, 1.165) is 42.3 Å². The third-order valence-corrected chi connectivity index (χ3v) is 5.49. The molecule has 2 rings (SSSR count). The fourth-order valence-electron chi connectivity index (χ4n) is 3.14. The minimum atomic E-state index is 0.808. The van der Waals surface area contributed by atoms with E-state index in [1.807, 2.05) is 7.05 Å². The minimum absolute atomic E-state index is 0.808. The van der Waals surface area contributed by atoms with Gasteiger partial charge in [-0.3, -0.25) is 4.99 Å². The molecule has 1 fully saturated rings. The van der Waals surface area contributed by atoms with Gasteiger partial charge in [0, 0.05) is 31.9 Å². The zero-order valence-electron chi connectivity index (χ0n) is 14.2. The molecule has 1 aliphatic rings. The Kier molecular flexibility index (Phi) is 7.16. The summed E-state index contributed by atoms with van der Waals surface area (Å²) in [6.07, 6.45) is 7.82. The monoisotopic (exact) mass is 322 g/mol. The van der Waals surface area contributed by atoms with E-state index in [1.165, 1.54) is 37.8 Å². The standard InChI is InChI=1S/C17H30N4S/c1-4-14-5-7-15(8-6-14)11-20-17(18-3)19-10-9-16-12-22-13(2)21-16/h12,14-15H,4-11H2,1-3H3,(H2,18,19,20). The minimum Gasteiger partial charge on any atom is -0.356 e. The lowest BCUT2D eigenvalue weighted by molar-refractivity contribution is 0.269. The summed E-state index contributed by atoms with van der Waals surface area (Å²) in [7, 11) is 1.84. The highest BCUT2D eigenvalue weighted by molar-refractivity contribution is 7.09. The van der Waals surface area contributed by atoms with Gasteiger partial charge in [0.15, 0.2) is 5.96 Å². The maximum atomic E-state index is 4.49. The van der Waals surface area contributed by atoms with E-state index < -0.39 is 0 Å². The average Bonchev–Trinajstić information content (AvgIpc) is 2.96. The molecule has 0 radical (unpaired) electrons. The van der Waals surface area contributed by atoms with Crippen LogP contribution in [0.4, 0.5) is 0 Å². The molecule has 0 bridgehead atoms. The number of guanidine groups is 1. The number of nitrogens with zero attached hydrogens (tertiary/aromatic N) is 2. The maximum Gasteiger partial charge on any atom is 0.190 e. The summed E-state index contributed by atoms with van der Waals surface area (Å²) >= 11 is 1.72. The predicted molar refractivity (Wildman–Crippen MR) is 95.7 cm³/mol. The van der Waals surface area contributed by atoms with Crippen LogP contribution in [0, 0.1) is 18.8 Å². The van der Waals surface area contributed by atoms with Gasteiger partial charge in [-0.1, -0.05) is 26.2 Å². The molecular weight excluding hydrogens is 292 g/mol. The van der Waals surface area contributed by atoms with E-state index in [9.17, 15) is 0 Å². The summed E-state index contributed by atoms with van der Waals surface area (Å²) in [4.78, 5) is 8.80. The SMILES string of the molecule is CCC1CCC(CNC(=NC)NCCc2csc(C)n2)CC1. The molecule has 2 N–H and O–H groups in total. The number of thiazole rings is 1. The Morgan fingerprint density at radius 1 is 1.27 bits per heavy atom. The number of rotatable bonds is 6. The van der Waals surface area contributed by atoms with Gasteiger partial charge >= 0.3 is 0 Å². The summed E-state index contributed by atoms with van der Waals surface area (Å²) < 4.78 is 0. The molecule has 0 atom stereocenters. The van der Waals surface area contributed by atoms with E-state index in [-0.39, 0.29) is 0 Å². The molecular formula is C17H30N4S. The van der Waals surface area contributed by atoms with Crippen molar-refractivity contribution in [3.8, 4) is 0 Å². The van der Waals surface area contributed by atoms with E-state index in [0.29, 0.717) is 0 Å². The second-order valence-electron chi connectivity index (χ2n) is 6.28. The van der Waals surface area contributed by atoms with Gasteiger partial charge in [-0.05, 0) is 31.6 Å². The predicted octanol–water partition coefficient (Wildman–Crippen LogP) is 3.38. The van der Waals surface area contributed by atoms with Crippen molar-refractivity contribution in [1.82, 2.24) is 15.6 Å². The van der Waals surface area contributed by atoms with Crippen molar-refractivity contribution in [3.05, 3.63) is 16.1 Å². The van der Waals surface area contributed by atoms with Crippen LogP contribution >= 0.6 is 11.3 Å². The highest BCUT2D eigenvalue weighted by Gasteiger charge is 2.19. The van der Waals surface area contributed by atoms with E-state index in [4.69, 9.17) is 0 Å². The second kappa shape index (κ2) is 9.13. The largest absolute Gasteiger partial charge is 0.356 e. The summed E-state index contributed by atoms with van der Waals surface area (Å²) in [5.74, 6) is 2.70. The second-order valence-corrected chi connectivity index (χ2v) is 7.34. The lowest BCUT2D eigenvalue weighted by Gasteiger charge is -2.28. The van der Waals surface area contributed by atoms with E-state index >= 15 is 0 Å². The first kappa shape index (κ1) is 17.3. The molecule has 1 aliphatic carbocycles. The van der Waals surface area contributed by atoms with Crippen molar-refractivity contribution in [2.75, 3.05) is 20.1 Å². The zero-order chi connectivity index (χ0) is 15.8. The van der Waals surface area contributed by atoms with Crippen molar-refractivity contribution in [2.24, 2.45) is 16.8 Å². The third kappa shape index (κ3) is 5.59. The van der Waals surface area contributed by atoms with Gasteiger partial charge in [0.1, 0.15) is 0 Å². The molecule has 0 amide bonds. The Morgan fingerprint density at radius 3 is 2.59 bits per heavy atom. The highest BCUT2D eigenvalue weighted by Crippen LogP contribution is 2.29. The Morgan fingerprint density at radius 2 is 2.00 bits per heavy atom. The lowest BCUT2D eigenvalue weighted by atomic mass is 9.81. The summed E-state index contributed by atoms with van der Waals surface area (Å²) in [5, 5.41) is 10.2. The fourth-order valence-corrected chi connectivity index (χ4v) is 3.78. The molecule has 0 spiro atoms. The summed E-state index contributed by atoms with van der Waals surface area (Å²) in [5.41, 5.74) is 1.17. The molecule has 0 unspecified atom stereocenters. The Balaban J connectivity index is 1.63. The number of aryl methyl sites for hydroxylation is 1. The summed E-state index contributed by atoms with van der Waals surface area (Å²) in [6.45, 7) is 6.30. The van der Waals surface area contributed by atoms with E-state index in [2.05, 4.69) is 39.8 Å². The van der Waals surface area contributed by atoms with Crippen LogP contribution in [0.15, 0.2) is 10.4 Å². The molecule has 124 valence electrons. The van der Waals surface area contributed by atoms with Gasteiger partial charge in [0.2, 0.25) is 0 Å². The molecule has 1 aromatic heterocycles. The van der Waals surface area contributed by atoms with Crippen LogP contribution in [0.25, 0.3) is 0 Å². The van der Waals surface area contributed by atoms with Gasteiger partial charge in [-0.25, -0.2) is 4.98 Å². The number of hydrogen-bond acceptors (Lipinski definition) is 3. The molecule has 5 heteroatoms. The number of nitrogens with one attached hydrogen (secondary N) is 2. The molecule has 1 heterocycles. The molecule has 0 aliphatic heterocycles. The van der Waals surface area contributed by atoms with Crippen molar-refractivity contribution in [1.29, 1.82) is 0 Å². The van der Waals surface area contributed by atoms with Crippen LogP contribution in [0.3, 0.4) is 0 Å². The molecule has 0 saturated heterocycles. The van der Waals surface area contributed by atoms with Crippen LogP contribution < -0.4 is 10.6 Å². The normalized spacial score (nSPS) is 22.6. The topological polar surface area (TPSA) is 49.3 Å².